The van der Waals surface area contributed by atoms with Gasteiger partial charge in [-0.05, 0) is 55.7 Å². The van der Waals surface area contributed by atoms with E-state index in [2.05, 4.69) is 0 Å². The predicted octanol–water partition coefficient (Wildman–Crippen LogP) is 3.64. The lowest BCUT2D eigenvalue weighted by Crippen LogP contribution is -2.43. The van der Waals surface area contributed by atoms with Gasteiger partial charge in [0.1, 0.15) is 11.6 Å². The third kappa shape index (κ3) is 3.23. The molecular formula is C20H20FNO3. The number of nitrogens with zero attached hydrogens (tertiary/aromatic N) is 1. The van der Waals surface area contributed by atoms with Crippen molar-refractivity contribution in [2.45, 2.75) is 25.2 Å². The number of likely N-dealkylation sites (tertiary alicyclic amines) is 1. The lowest BCUT2D eigenvalue weighted by molar-refractivity contribution is -0.134. The van der Waals surface area contributed by atoms with Crippen molar-refractivity contribution < 1.29 is 18.4 Å². The van der Waals surface area contributed by atoms with Crippen LogP contribution in [0.1, 0.15) is 41.3 Å². The fraction of sp³-hybridized carbons (Fsp3) is 0.400. The highest BCUT2D eigenvalue weighted by Gasteiger charge is 2.48. The quantitative estimate of drug-likeness (QED) is 0.798. The van der Waals surface area contributed by atoms with Crippen molar-refractivity contribution >= 4 is 11.7 Å². The molecule has 130 valence electrons. The minimum Gasteiger partial charge on any atom is -0.469 e. The first-order valence-corrected chi connectivity index (χ1v) is 8.75. The maximum absolute atomic E-state index is 13.0. The Morgan fingerprint density at radius 1 is 1.16 bits per heavy atom. The zero-order valence-electron chi connectivity index (χ0n) is 13.9. The Balaban J connectivity index is 1.40. The first-order valence-electron chi connectivity index (χ1n) is 8.75. The molecule has 3 atom stereocenters. The van der Waals surface area contributed by atoms with Crippen LogP contribution in [-0.2, 0) is 4.79 Å². The standard InChI is InChI=1S/C20H20FNO3/c21-15-7-5-13(6-8-15)19(23)14-3-1-9-22(12-14)20(24)17-11-16(17)18-4-2-10-25-18/h2,4-8,10,14,16-17H,1,3,9,11-12H2/t14-,16+,17+/m1/s1. The molecule has 2 heterocycles. The number of Topliss-reactive ketones (excluding diaryl/α,β-unsaturated/α-hetero) is 1. The molecule has 4 rings (SSSR count). The molecule has 1 aliphatic carbocycles. The van der Waals surface area contributed by atoms with Gasteiger partial charge in [0.2, 0.25) is 5.91 Å². The van der Waals surface area contributed by atoms with Crippen LogP contribution in [-0.4, -0.2) is 29.7 Å². The lowest BCUT2D eigenvalue weighted by Gasteiger charge is -2.32. The molecule has 2 aliphatic rings. The van der Waals surface area contributed by atoms with Crippen molar-refractivity contribution in [1.29, 1.82) is 0 Å². The molecule has 1 aliphatic heterocycles. The second-order valence-corrected chi connectivity index (χ2v) is 6.96. The van der Waals surface area contributed by atoms with Gasteiger partial charge in [0, 0.05) is 36.4 Å². The van der Waals surface area contributed by atoms with Crippen LogP contribution in [0.5, 0.6) is 0 Å². The van der Waals surface area contributed by atoms with Crippen molar-refractivity contribution in [3.8, 4) is 0 Å². The number of piperidine rings is 1. The smallest absolute Gasteiger partial charge is 0.226 e. The first-order chi connectivity index (χ1) is 12.1. The van der Waals surface area contributed by atoms with Crippen LogP contribution >= 0.6 is 0 Å². The van der Waals surface area contributed by atoms with Crippen LogP contribution in [0.15, 0.2) is 47.1 Å². The highest BCUT2D eigenvalue weighted by Crippen LogP contribution is 2.48. The van der Waals surface area contributed by atoms with Gasteiger partial charge in [-0.25, -0.2) is 4.39 Å². The first kappa shape index (κ1) is 16.1. The molecule has 0 N–H and O–H groups in total. The number of ketones is 1. The largest absolute Gasteiger partial charge is 0.469 e. The normalized spacial score (nSPS) is 25.6. The van der Waals surface area contributed by atoms with E-state index in [0.29, 0.717) is 18.7 Å². The Morgan fingerprint density at radius 3 is 2.68 bits per heavy atom. The van der Waals surface area contributed by atoms with Gasteiger partial charge in [0.25, 0.3) is 0 Å². The molecule has 1 amide bonds. The topological polar surface area (TPSA) is 50.5 Å². The van der Waals surface area contributed by atoms with Gasteiger partial charge >= 0.3 is 0 Å². The second kappa shape index (κ2) is 6.47. The number of carbonyl (C=O) groups is 2. The molecule has 0 radical (unpaired) electrons. The number of furan rings is 1. The Kier molecular flexibility index (Phi) is 4.15. The molecule has 2 fully saturated rings. The van der Waals surface area contributed by atoms with E-state index in [0.717, 1.165) is 25.0 Å². The summed E-state index contributed by atoms with van der Waals surface area (Å²) in [6.07, 6.45) is 4.04. The van der Waals surface area contributed by atoms with E-state index in [-0.39, 0.29) is 35.3 Å². The Hall–Kier alpha value is -2.43. The fourth-order valence-corrected chi connectivity index (χ4v) is 3.76. The monoisotopic (exact) mass is 341 g/mol. The summed E-state index contributed by atoms with van der Waals surface area (Å²) in [5.41, 5.74) is 0.514. The van der Waals surface area contributed by atoms with Crippen molar-refractivity contribution in [2.75, 3.05) is 13.1 Å². The summed E-state index contributed by atoms with van der Waals surface area (Å²) in [5, 5.41) is 0. The van der Waals surface area contributed by atoms with Crippen LogP contribution in [0, 0.1) is 17.7 Å². The van der Waals surface area contributed by atoms with Crippen molar-refractivity contribution in [3.63, 3.8) is 0 Å². The predicted molar refractivity (Wildman–Crippen MR) is 89.6 cm³/mol. The van der Waals surface area contributed by atoms with Crippen molar-refractivity contribution in [3.05, 3.63) is 59.8 Å². The van der Waals surface area contributed by atoms with Crippen LogP contribution < -0.4 is 0 Å². The number of hydrogen-bond acceptors (Lipinski definition) is 3. The number of benzene rings is 1. The maximum atomic E-state index is 13.0. The van der Waals surface area contributed by atoms with Crippen LogP contribution in [0.2, 0.25) is 0 Å². The molecular weight excluding hydrogens is 321 g/mol. The maximum Gasteiger partial charge on any atom is 0.226 e. The van der Waals surface area contributed by atoms with Crippen LogP contribution in [0.25, 0.3) is 0 Å². The van der Waals surface area contributed by atoms with Crippen LogP contribution in [0.4, 0.5) is 4.39 Å². The molecule has 0 unspecified atom stereocenters. The van der Waals surface area contributed by atoms with E-state index >= 15 is 0 Å². The molecule has 1 aromatic heterocycles. The Morgan fingerprint density at radius 2 is 1.96 bits per heavy atom. The summed E-state index contributed by atoms with van der Waals surface area (Å²) >= 11 is 0. The number of amides is 1. The number of rotatable bonds is 4. The highest BCUT2D eigenvalue weighted by molar-refractivity contribution is 5.98. The van der Waals surface area contributed by atoms with Gasteiger partial charge in [0.15, 0.2) is 5.78 Å². The molecule has 1 saturated carbocycles. The van der Waals surface area contributed by atoms with E-state index in [1.165, 1.54) is 24.3 Å². The molecule has 4 nitrogen and oxygen atoms in total. The average Bonchev–Trinajstić information content (AvgIpc) is 3.25. The van der Waals surface area contributed by atoms with E-state index < -0.39 is 0 Å². The molecule has 2 aromatic rings. The van der Waals surface area contributed by atoms with Crippen molar-refractivity contribution in [2.24, 2.45) is 11.8 Å². The Labute approximate surface area is 145 Å². The summed E-state index contributed by atoms with van der Waals surface area (Å²) in [5.74, 6) is 0.586. The van der Waals surface area contributed by atoms with Gasteiger partial charge in [-0.3, -0.25) is 9.59 Å². The van der Waals surface area contributed by atoms with E-state index in [9.17, 15) is 14.0 Å². The summed E-state index contributed by atoms with van der Waals surface area (Å²) in [7, 11) is 0. The fourth-order valence-electron chi connectivity index (χ4n) is 3.76. The van der Waals surface area contributed by atoms with Gasteiger partial charge in [-0.2, -0.15) is 0 Å². The lowest BCUT2D eigenvalue weighted by atomic mass is 9.89. The third-order valence-corrected chi connectivity index (χ3v) is 5.25. The molecule has 0 spiro atoms. The average molecular weight is 341 g/mol. The SMILES string of the molecule is O=C(c1ccc(F)cc1)[C@@H]1CCCN(C(=O)[C@H]2C[C@@H]2c2ccco2)C1. The number of carbonyl (C=O) groups excluding carboxylic acids is 2. The van der Waals surface area contributed by atoms with Crippen molar-refractivity contribution in [1.82, 2.24) is 4.90 Å². The van der Waals surface area contributed by atoms with Gasteiger partial charge < -0.3 is 9.32 Å². The summed E-state index contributed by atoms with van der Waals surface area (Å²) in [6.45, 7) is 1.16. The van der Waals surface area contributed by atoms with Gasteiger partial charge in [-0.1, -0.05) is 0 Å². The molecule has 1 aromatic carbocycles. The molecule has 1 saturated heterocycles. The Bertz CT molecular complexity index is 769. The van der Waals surface area contributed by atoms with E-state index in [1.54, 1.807) is 6.26 Å². The second-order valence-electron chi connectivity index (χ2n) is 6.96. The molecule has 0 bridgehead atoms. The number of halogens is 1. The zero-order valence-corrected chi connectivity index (χ0v) is 13.9. The van der Waals surface area contributed by atoms with Gasteiger partial charge in [-0.15, -0.1) is 0 Å². The molecule has 5 heteroatoms. The molecule has 25 heavy (non-hydrogen) atoms. The summed E-state index contributed by atoms with van der Waals surface area (Å²) < 4.78 is 18.4. The van der Waals surface area contributed by atoms with Crippen LogP contribution in [0.3, 0.4) is 0 Å². The number of hydrogen-bond donors (Lipinski definition) is 0. The summed E-state index contributed by atoms with van der Waals surface area (Å²) in [6, 6.07) is 9.40. The van der Waals surface area contributed by atoms with E-state index in [1.807, 2.05) is 17.0 Å². The zero-order chi connectivity index (χ0) is 17.4. The minimum atomic E-state index is -0.352. The summed E-state index contributed by atoms with van der Waals surface area (Å²) in [4.78, 5) is 27.2. The van der Waals surface area contributed by atoms with E-state index in [4.69, 9.17) is 4.42 Å². The third-order valence-electron chi connectivity index (χ3n) is 5.25. The minimum absolute atomic E-state index is 0.00381. The highest BCUT2D eigenvalue weighted by atomic mass is 19.1. The van der Waals surface area contributed by atoms with Gasteiger partial charge in [0.05, 0.1) is 6.26 Å².